The normalized spacial score (nSPS) is 13.3. The summed E-state index contributed by atoms with van der Waals surface area (Å²) >= 11 is 0. The van der Waals surface area contributed by atoms with E-state index in [-0.39, 0.29) is 11.8 Å². The van der Waals surface area contributed by atoms with Crippen LogP contribution in [0.2, 0.25) is 0 Å². The molecule has 0 radical (unpaired) electrons. The van der Waals surface area contributed by atoms with Gasteiger partial charge in [0.1, 0.15) is 6.29 Å². The zero-order valence-electron chi connectivity index (χ0n) is 13.8. The fourth-order valence-electron chi connectivity index (χ4n) is 3.11. The van der Waals surface area contributed by atoms with Crippen molar-refractivity contribution in [3.63, 3.8) is 0 Å². The third kappa shape index (κ3) is 2.75. The van der Waals surface area contributed by atoms with Gasteiger partial charge in [0.05, 0.1) is 11.1 Å². The van der Waals surface area contributed by atoms with E-state index >= 15 is 0 Å². The lowest BCUT2D eigenvalue weighted by Crippen LogP contribution is -2.30. The summed E-state index contributed by atoms with van der Waals surface area (Å²) in [7, 11) is 0. The van der Waals surface area contributed by atoms with Gasteiger partial charge in [-0.05, 0) is 61.6 Å². The van der Waals surface area contributed by atoms with Crippen LogP contribution >= 0.6 is 0 Å². The van der Waals surface area contributed by atoms with Crippen LogP contribution in [0.1, 0.15) is 54.2 Å². The zero-order chi connectivity index (χ0) is 17.3. The van der Waals surface area contributed by atoms with E-state index in [0.29, 0.717) is 29.7 Å². The highest BCUT2D eigenvalue weighted by Crippen LogP contribution is 2.23. The summed E-state index contributed by atoms with van der Waals surface area (Å²) in [4.78, 5) is 37.1. The average molecular weight is 321 g/mol. The Labute approximate surface area is 141 Å². The number of hydrogen-bond acceptors (Lipinski definition) is 3. The molecule has 0 unspecified atom stereocenters. The fourth-order valence-corrected chi connectivity index (χ4v) is 3.11. The van der Waals surface area contributed by atoms with E-state index in [4.69, 9.17) is 0 Å². The highest BCUT2D eigenvalue weighted by atomic mass is 16.2. The van der Waals surface area contributed by atoms with Gasteiger partial charge in [-0.25, -0.2) is 0 Å². The molecule has 4 heteroatoms. The number of imide groups is 1. The quantitative estimate of drug-likeness (QED) is 0.627. The monoisotopic (exact) mass is 321 g/mol. The third-order valence-electron chi connectivity index (χ3n) is 4.62. The van der Waals surface area contributed by atoms with E-state index in [1.54, 1.807) is 24.3 Å². The molecule has 1 heterocycles. The van der Waals surface area contributed by atoms with Gasteiger partial charge < -0.3 is 0 Å². The van der Waals surface area contributed by atoms with Gasteiger partial charge in [-0.1, -0.05) is 18.2 Å². The first-order valence-corrected chi connectivity index (χ1v) is 8.03. The first-order chi connectivity index (χ1) is 11.5. The van der Waals surface area contributed by atoms with Crippen molar-refractivity contribution in [3.8, 4) is 0 Å². The number of aryl methyl sites for hydroxylation is 2. The molecule has 0 N–H and O–H groups in total. The minimum atomic E-state index is -0.218. The number of aldehydes is 1. The van der Waals surface area contributed by atoms with Gasteiger partial charge in [-0.2, -0.15) is 0 Å². The van der Waals surface area contributed by atoms with E-state index in [1.165, 1.54) is 4.90 Å². The van der Waals surface area contributed by atoms with Crippen molar-refractivity contribution >= 4 is 18.1 Å². The minimum Gasteiger partial charge on any atom is -0.298 e. The van der Waals surface area contributed by atoms with Crippen LogP contribution in [0.3, 0.4) is 0 Å². The lowest BCUT2D eigenvalue weighted by atomic mass is 9.98. The SMILES string of the molecule is Cc1cc(CCCN2C(=O)c3ccccc3C2=O)cc(C=O)c1C. The molecule has 24 heavy (non-hydrogen) atoms. The second kappa shape index (κ2) is 6.40. The van der Waals surface area contributed by atoms with Crippen molar-refractivity contribution in [2.45, 2.75) is 26.7 Å². The van der Waals surface area contributed by atoms with Gasteiger partial charge >= 0.3 is 0 Å². The molecule has 0 fully saturated rings. The lowest BCUT2D eigenvalue weighted by Gasteiger charge is -2.14. The van der Waals surface area contributed by atoms with E-state index in [1.807, 2.05) is 19.9 Å². The van der Waals surface area contributed by atoms with Gasteiger partial charge in [0.25, 0.3) is 11.8 Å². The number of hydrogen-bond donors (Lipinski definition) is 0. The number of benzene rings is 2. The summed E-state index contributed by atoms with van der Waals surface area (Å²) in [5.41, 5.74) is 4.79. The number of rotatable bonds is 5. The van der Waals surface area contributed by atoms with Crippen LogP contribution in [0.5, 0.6) is 0 Å². The molecule has 1 aliphatic heterocycles. The molecule has 3 rings (SSSR count). The lowest BCUT2D eigenvalue weighted by molar-refractivity contribution is 0.0652. The molecular formula is C20H19NO3. The first kappa shape index (κ1) is 16.1. The summed E-state index contributed by atoms with van der Waals surface area (Å²) < 4.78 is 0. The summed E-state index contributed by atoms with van der Waals surface area (Å²) in [6, 6.07) is 10.9. The van der Waals surface area contributed by atoms with Gasteiger partial charge in [-0.3, -0.25) is 19.3 Å². The maximum atomic E-state index is 12.3. The van der Waals surface area contributed by atoms with Crippen LogP contribution in [0.15, 0.2) is 36.4 Å². The molecule has 0 aromatic heterocycles. The first-order valence-electron chi connectivity index (χ1n) is 8.03. The van der Waals surface area contributed by atoms with Crippen molar-refractivity contribution in [2.75, 3.05) is 6.54 Å². The summed E-state index contributed by atoms with van der Waals surface area (Å²) in [5, 5.41) is 0. The van der Waals surface area contributed by atoms with E-state index in [0.717, 1.165) is 29.4 Å². The summed E-state index contributed by atoms with van der Waals surface area (Å²) in [5.74, 6) is -0.437. The van der Waals surface area contributed by atoms with Crippen LogP contribution in [0.25, 0.3) is 0 Å². The highest BCUT2D eigenvalue weighted by molar-refractivity contribution is 6.21. The van der Waals surface area contributed by atoms with Gasteiger partial charge in [0.2, 0.25) is 0 Å². The molecular weight excluding hydrogens is 302 g/mol. The summed E-state index contributed by atoms with van der Waals surface area (Å²) in [6.07, 6.45) is 2.26. The van der Waals surface area contributed by atoms with Gasteiger partial charge in [-0.15, -0.1) is 0 Å². The summed E-state index contributed by atoms with van der Waals surface area (Å²) in [6.45, 7) is 4.30. The highest BCUT2D eigenvalue weighted by Gasteiger charge is 2.34. The van der Waals surface area contributed by atoms with Crippen molar-refractivity contribution in [1.82, 2.24) is 4.90 Å². The molecule has 0 spiro atoms. The van der Waals surface area contributed by atoms with Crippen LogP contribution in [0, 0.1) is 13.8 Å². The third-order valence-corrected chi connectivity index (χ3v) is 4.62. The Morgan fingerprint density at radius 3 is 2.21 bits per heavy atom. The van der Waals surface area contributed by atoms with Crippen LogP contribution < -0.4 is 0 Å². The van der Waals surface area contributed by atoms with Crippen molar-refractivity contribution in [3.05, 3.63) is 69.8 Å². The number of fused-ring (bicyclic) bond motifs is 1. The maximum Gasteiger partial charge on any atom is 0.261 e. The Morgan fingerprint density at radius 2 is 1.62 bits per heavy atom. The largest absolute Gasteiger partial charge is 0.298 e. The Morgan fingerprint density at radius 1 is 1.00 bits per heavy atom. The molecule has 2 aromatic rings. The van der Waals surface area contributed by atoms with Crippen LogP contribution in [-0.2, 0) is 6.42 Å². The van der Waals surface area contributed by atoms with Gasteiger partial charge in [0.15, 0.2) is 0 Å². The predicted octanol–water partition coefficient (Wildman–Crippen LogP) is 3.34. The topological polar surface area (TPSA) is 54.5 Å². The number of nitrogens with zero attached hydrogens (tertiary/aromatic N) is 1. The molecule has 0 bridgehead atoms. The maximum absolute atomic E-state index is 12.3. The zero-order valence-corrected chi connectivity index (χ0v) is 13.8. The van der Waals surface area contributed by atoms with E-state index < -0.39 is 0 Å². The standard InChI is InChI=1S/C20H19NO3/c1-13-10-15(11-16(12-22)14(13)2)6-5-9-21-19(23)17-7-3-4-8-18(17)20(21)24/h3-4,7-8,10-12H,5-6,9H2,1-2H3. The molecule has 0 saturated heterocycles. The molecule has 122 valence electrons. The van der Waals surface area contributed by atoms with Crippen LogP contribution in [-0.4, -0.2) is 29.5 Å². The van der Waals surface area contributed by atoms with Gasteiger partial charge in [0, 0.05) is 12.1 Å². The van der Waals surface area contributed by atoms with E-state index in [2.05, 4.69) is 6.07 Å². The second-order valence-corrected chi connectivity index (χ2v) is 6.16. The molecule has 0 atom stereocenters. The van der Waals surface area contributed by atoms with Crippen LogP contribution in [0.4, 0.5) is 0 Å². The Bertz CT molecular complexity index is 804. The van der Waals surface area contributed by atoms with Crippen molar-refractivity contribution < 1.29 is 14.4 Å². The molecule has 0 aliphatic carbocycles. The number of carbonyl (C=O) groups excluding carboxylic acids is 3. The second-order valence-electron chi connectivity index (χ2n) is 6.16. The molecule has 2 aromatic carbocycles. The Balaban J connectivity index is 1.68. The average Bonchev–Trinajstić information content (AvgIpc) is 2.83. The number of amides is 2. The number of carbonyl (C=O) groups is 3. The van der Waals surface area contributed by atoms with Crippen molar-refractivity contribution in [1.29, 1.82) is 0 Å². The molecule has 4 nitrogen and oxygen atoms in total. The fraction of sp³-hybridized carbons (Fsp3) is 0.250. The molecule has 2 amide bonds. The predicted molar refractivity (Wildman–Crippen MR) is 91.4 cm³/mol. The molecule has 1 aliphatic rings. The smallest absolute Gasteiger partial charge is 0.261 e. The van der Waals surface area contributed by atoms with Crippen molar-refractivity contribution in [2.24, 2.45) is 0 Å². The Kier molecular flexibility index (Phi) is 4.30. The molecule has 0 saturated carbocycles. The Hall–Kier alpha value is -2.75. The minimum absolute atomic E-state index is 0.218. The van der Waals surface area contributed by atoms with E-state index in [9.17, 15) is 14.4 Å².